The summed E-state index contributed by atoms with van der Waals surface area (Å²) in [5.74, 6) is 0.961. The van der Waals surface area contributed by atoms with Crippen LogP contribution < -0.4 is 5.32 Å². The Morgan fingerprint density at radius 3 is 2.58 bits per heavy atom. The number of aromatic nitrogens is 4. The van der Waals surface area contributed by atoms with E-state index in [9.17, 15) is 4.79 Å². The van der Waals surface area contributed by atoms with Crippen LogP contribution in [-0.4, -0.2) is 31.4 Å². The third-order valence-electron chi connectivity index (χ3n) is 4.98. The van der Waals surface area contributed by atoms with E-state index in [1.807, 2.05) is 34.9 Å². The van der Waals surface area contributed by atoms with Crippen molar-refractivity contribution in [2.75, 3.05) is 11.1 Å². The summed E-state index contributed by atoms with van der Waals surface area (Å²) in [6.45, 7) is 4.29. The van der Waals surface area contributed by atoms with Crippen LogP contribution in [0.4, 0.5) is 5.69 Å². The van der Waals surface area contributed by atoms with Gasteiger partial charge >= 0.3 is 0 Å². The van der Waals surface area contributed by atoms with E-state index in [1.165, 1.54) is 11.8 Å². The first kappa shape index (κ1) is 22.2. The predicted octanol–water partition coefficient (Wildman–Crippen LogP) is 5.06. The van der Waals surface area contributed by atoms with Gasteiger partial charge in [0.2, 0.25) is 5.91 Å². The van der Waals surface area contributed by atoms with E-state index in [0.717, 1.165) is 16.8 Å². The summed E-state index contributed by atoms with van der Waals surface area (Å²) in [6.07, 6.45) is 3.47. The van der Waals surface area contributed by atoms with E-state index in [0.29, 0.717) is 28.1 Å². The molecule has 8 heteroatoms. The lowest BCUT2D eigenvalue weighted by atomic mass is 10.0. The molecule has 1 N–H and O–H groups in total. The van der Waals surface area contributed by atoms with Crippen molar-refractivity contribution in [3.8, 4) is 23.1 Å². The molecule has 0 atom stereocenters. The third kappa shape index (κ3) is 5.10. The largest absolute Gasteiger partial charge is 0.325 e. The molecular weight excluding hydrogens is 432 g/mol. The number of nitriles is 1. The Kier molecular flexibility index (Phi) is 6.81. The number of hydrogen-bond donors (Lipinski definition) is 1. The minimum Gasteiger partial charge on any atom is -0.325 e. The molecule has 0 saturated carbocycles. The first-order valence-electron chi connectivity index (χ1n) is 10.4. The Labute approximate surface area is 196 Å². The van der Waals surface area contributed by atoms with Gasteiger partial charge < -0.3 is 5.32 Å². The minimum atomic E-state index is -0.167. The average molecular weight is 455 g/mol. The first-order valence-corrected chi connectivity index (χ1v) is 11.4. The van der Waals surface area contributed by atoms with Crippen LogP contribution >= 0.6 is 11.8 Å². The van der Waals surface area contributed by atoms with Crippen molar-refractivity contribution in [3.63, 3.8) is 0 Å². The Balaban J connectivity index is 1.63. The normalized spacial score (nSPS) is 10.7. The van der Waals surface area contributed by atoms with Gasteiger partial charge in [0.25, 0.3) is 0 Å². The fourth-order valence-electron chi connectivity index (χ4n) is 3.40. The number of carbonyl (C=O) groups excluding carboxylic acids is 1. The number of hydrogen-bond acceptors (Lipinski definition) is 6. The van der Waals surface area contributed by atoms with Crippen LogP contribution in [0.5, 0.6) is 0 Å². The van der Waals surface area contributed by atoms with Crippen molar-refractivity contribution < 1.29 is 4.79 Å². The van der Waals surface area contributed by atoms with E-state index in [4.69, 9.17) is 5.26 Å². The van der Waals surface area contributed by atoms with Gasteiger partial charge in [0.15, 0.2) is 11.0 Å². The molecular formula is C25H22N6OS. The Morgan fingerprint density at radius 2 is 1.88 bits per heavy atom. The van der Waals surface area contributed by atoms with E-state index in [1.54, 1.807) is 36.7 Å². The van der Waals surface area contributed by atoms with Crippen LogP contribution in [0.3, 0.4) is 0 Å². The lowest BCUT2D eigenvalue weighted by Gasteiger charge is -2.16. The van der Waals surface area contributed by atoms with Gasteiger partial charge in [0.05, 0.1) is 23.1 Å². The highest BCUT2D eigenvalue weighted by Crippen LogP contribution is 2.32. The molecule has 0 aliphatic carbocycles. The molecule has 7 nitrogen and oxygen atoms in total. The van der Waals surface area contributed by atoms with Gasteiger partial charge in [-0.2, -0.15) is 5.26 Å². The average Bonchev–Trinajstić information content (AvgIpc) is 3.27. The fourth-order valence-corrected chi connectivity index (χ4v) is 4.14. The molecule has 164 valence electrons. The van der Waals surface area contributed by atoms with Crippen LogP contribution in [0.2, 0.25) is 0 Å². The topological polar surface area (TPSA) is 96.5 Å². The van der Waals surface area contributed by atoms with Crippen molar-refractivity contribution in [2.45, 2.75) is 24.9 Å². The zero-order valence-corrected chi connectivity index (χ0v) is 19.1. The molecule has 0 bridgehead atoms. The molecule has 0 fully saturated rings. The van der Waals surface area contributed by atoms with Crippen molar-refractivity contribution in [1.29, 1.82) is 5.26 Å². The summed E-state index contributed by atoms with van der Waals surface area (Å²) in [5, 5.41) is 21.2. The van der Waals surface area contributed by atoms with Gasteiger partial charge in [-0.3, -0.25) is 14.3 Å². The van der Waals surface area contributed by atoms with Crippen molar-refractivity contribution in [2.24, 2.45) is 0 Å². The summed E-state index contributed by atoms with van der Waals surface area (Å²) in [7, 11) is 0. The number of carbonyl (C=O) groups is 1. The van der Waals surface area contributed by atoms with Crippen LogP contribution in [-0.2, 0) is 4.79 Å². The standard InChI is InChI=1S/C25H22N6OS/c1-17(2)21-7-3-4-8-22(21)31-24(19-6-5-13-27-15-19)29-30-25(31)33-16-23(32)28-20-11-9-18(14-26)10-12-20/h3-13,15,17H,16H2,1-2H3,(H,28,32). The summed E-state index contributed by atoms with van der Waals surface area (Å²) < 4.78 is 1.99. The molecule has 0 aliphatic heterocycles. The highest BCUT2D eigenvalue weighted by molar-refractivity contribution is 7.99. The maximum Gasteiger partial charge on any atom is 0.234 e. The van der Waals surface area contributed by atoms with Crippen LogP contribution in [0.15, 0.2) is 78.2 Å². The number of amides is 1. The van der Waals surface area contributed by atoms with E-state index < -0.39 is 0 Å². The Bertz CT molecular complexity index is 1290. The second-order valence-electron chi connectivity index (χ2n) is 7.62. The number of anilines is 1. The molecule has 0 spiro atoms. The lowest BCUT2D eigenvalue weighted by Crippen LogP contribution is -2.14. The summed E-state index contributed by atoms with van der Waals surface area (Å²) >= 11 is 1.32. The Hall–Kier alpha value is -3.96. The molecule has 0 saturated heterocycles. The molecule has 2 aromatic carbocycles. The highest BCUT2D eigenvalue weighted by atomic mass is 32.2. The monoisotopic (exact) mass is 454 g/mol. The second kappa shape index (κ2) is 10.1. The number of benzene rings is 2. The van der Waals surface area contributed by atoms with Crippen molar-refractivity contribution >= 4 is 23.4 Å². The zero-order valence-electron chi connectivity index (χ0n) is 18.3. The quantitative estimate of drug-likeness (QED) is 0.392. The molecule has 0 radical (unpaired) electrons. The highest BCUT2D eigenvalue weighted by Gasteiger charge is 2.20. The van der Waals surface area contributed by atoms with Crippen molar-refractivity contribution in [1.82, 2.24) is 19.7 Å². The number of rotatable bonds is 7. The molecule has 1 amide bonds. The molecule has 0 aliphatic rings. The summed E-state index contributed by atoms with van der Waals surface area (Å²) in [4.78, 5) is 16.8. The molecule has 4 aromatic rings. The summed E-state index contributed by atoms with van der Waals surface area (Å²) in [6, 6.07) is 20.8. The van der Waals surface area contributed by atoms with Gasteiger partial charge in [-0.1, -0.05) is 43.8 Å². The molecule has 33 heavy (non-hydrogen) atoms. The minimum absolute atomic E-state index is 0.162. The van der Waals surface area contributed by atoms with E-state index in [-0.39, 0.29) is 11.7 Å². The van der Waals surface area contributed by atoms with Crippen LogP contribution in [0, 0.1) is 11.3 Å². The molecule has 2 aromatic heterocycles. The van der Waals surface area contributed by atoms with E-state index >= 15 is 0 Å². The third-order valence-corrected chi connectivity index (χ3v) is 5.91. The number of nitrogens with zero attached hydrogens (tertiary/aromatic N) is 5. The van der Waals surface area contributed by atoms with Gasteiger partial charge in [0.1, 0.15) is 0 Å². The molecule has 0 unspecified atom stereocenters. The van der Waals surface area contributed by atoms with Crippen molar-refractivity contribution in [3.05, 3.63) is 84.2 Å². The Morgan fingerprint density at radius 1 is 1.09 bits per heavy atom. The van der Waals surface area contributed by atoms with E-state index in [2.05, 4.69) is 46.5 Å². The number of para-hydroxylation sites is 1. The van der Waals surface area contributed by atoms with Gasteiger partial charge in [-0.25, -0.2) is 0 Å². The lowest BCUT2D eigenvalue weighted by molar-refractivity contribution is -0.113. The predicted molar refractivity (Wildman–Crippen MR) is 129 cm³/mol. The van der Waals surface area contributed by atoms with Crippen LogP contribution in [0.25, 0.3) is 17.1 Å². The first-order chi connectivity index (χ1) is 16.1. The smallest absolute Gasteiger partial charge is 0.234 e. The van der Waals surface area contributed by atoms with Gasteiger partial charge in [-0.15, -0.1) is 10.2 Å². The van der Waals surface area contributed by atoms with Gasteiger partial charge in [-0.05, 0) is 53.9 Å². The van der Waals surface area contributed by atoms with Crippen LogP contribution in [0.1, 0.15) is 30.9 Å². The van der Waals surface area contributed by atoms with Gasteiger partial charge in [0, 0.05) is 23.6 Å². The fraction of sp³-hybridized carbons (Fsp3) is 0.160. The maximum absolute atomic E-state index is 12.6. The SMILES string of the molecule is CC(C)c1ccccc1-n1c(SCC(=O)Nc2ccc(C#N)cc2)nnc1-c1cccnc1. The maximum atomic E-state index is 12.6. The zero-order chi connectivity index (χ0) is 23.2. The number of nitrogens with one attached hydrogen (secondary N) is 1. The molecule has 4 rings (SSSR count). The number of pyridine rings is 1. The second-order valence-corrected chi connectivity index (χ2v) is 8.57. The number of thioether (sulfide) groups is 1. The molecule has 2 heterocycles. The summed E-state index contributed by atoms with van der Waals surface area (Å²) in [5.41, 5.74) is 4.17.